The van der Waals surface area contributed by atoms with E-state index in [0.29, 0.717) is 21.8 Å². The molecule has 0 bridgehead atoms. The Bertz CT molecular complexity index is 1510. The molecule has 1 aliphatic rings. The SMILES string of the molecule is O=C(Oc1cccc(/C=C2\SC(=O)N(Cc3ccc4ccccc4c3)C2=O)c1)c1ccccc1I. The first-order valence-corrected chi connectivity index (χ1v) is 12.7. The monoisotopic (exact) mass is 591 g/mol. The van der Waals surface area contributed by atoms with Crippen LogP contribution in [-0.2, 0) is 11.3 Å². The van der Waals surface area contributed by atoms with E-state index in [1.165, 1.54) is 4.90 Å². The molecule has 172 valence electrons. The summed E-state index contributed by atoms with van der Waals surface area (Å²) < 4.78 is 6.33. The summed E-state index contributed by atoms with van der Waals surface area (Å²) in [5.74, 6) is -0.434. The van der Waals surface area contributed by atoms with Crippen molar-refractivity contribution < 1.29 is 19.1 Å². The maximum atomic E-state index is 13.0. The van der Waals surface area contributed by atoms with Crippen LogP contribution < -0.4 is 4.74 Å². The van der Waals surface area contributed by atoms with Crippen molar-refractivity contribution in [3.05, 3.63) is 116 Å². The van der Waals surface area contributed by atoms with Gasteiger partial charge in [0.25, 0.3) is 11.1 Å². The highest BCUT2D eigenvalue weighted by Gasteiger charge is 2.35. The molecular weight excluding hydrogens is 573 g/mol. The van der Waals surface area contributed by atoms with Gasteiger partial charge in [-0.1, -0.05) is 60.7 Å². The number of esters is 1. The van der Waals surface area contributed by atoms with Crippen LogP contribution in [0.2, 0.25) is 0 Å². The van der Waals surface area contributed by atoms with Gasteiger partial charge in [0.15, 0.2) is 0 Å². The average Bonchev–Trinajstić information content (AvgIpc) is 3.11. The van der Waals surface area contributed by atoms with Gasteiger partial charge in [-0.05, 0) is 92.7 Å². The second-order valence-corrected chi connectivity index (χ2v) is 10.0. The van der Waals surface area contributed by atoms with Gasteiger partial charge in [-0.15, -0.1) is 0 Å². The molecule has 7 heteroatoms. The number of nitrogens with zero attached hydrogens (tertiary/aromatic N) is 1. The number of thioether (sulfide) groups is 1. The topological polar surface area (TPSA) is 63.7 Å². The van der Waals surface area contributed by atoms with Crippen molar-refractivity contribution in [2.75, 3.05) is 0 Å². The van der Waals surface area contributed by atoms with Crippen molar-refractivity contribution in [3.63, 3.8) is 0 Å². The average molecular weight is 591 g/mol. The summed E-state index contributed by atoms with van der Waals surface area (Å²) in [5, 5.41) is 1.85. The lowest BCUT2D eigenvalue weighted by Crippen LogP contribution is -2.27. The molecule has 1 saturated heterocycles. The van der Waals surface area contributed by atoms with E-state index in [4.69, 9.17) is 4.74 Å². The zero-order valence-electron chi connectivity index (χ0n) is 18.3. The summed E-state index contributed by atoms with van der Waals surface area (Å²) in [7, 11) is 0. The molecule has 4 aromatic carbocycles. The number of hydrogen-bond donors (Lipinski definition) is 0. The standard InChI is InChI=1S/C28H18INO4S/c29-24-11-4-3-10-23(24)27(32)34-22-9-5-6-18(15-22)16-25-26(31)30(28(33)35-25)17-19-12-13-20-7-1-2-8-21(20)14-19/h1-16H,17H2/b25-16-. The minimum absolute atomic E-state index is 0.209. The number of rotatable bonds is 5. The van der Waals surface area contributed by atoms with Crippen LogP contribution in [0.5, 0.6) is 5.75 Å². The van der Waals surface area contributed by atoms with Crippen LogP contribution in [0.3, 0.4) is 0 Å². The molecule has 0 N–H and O–H groups in total. The number of halogens is 1. The molecule has 1 fully saturated rings. The van der Waals surface area contributed by atoms with Crippen LogP contribution in [0.25, 0.3) is 16.8 Å². The third-order valence-corrected chi connectivity index (χ3v) is 7.34. The van der Waals surface area contributed by atoms with Crippen LogP contribution in [-0.4, -0.2) is 22.0 Å². The zero-order chi connectivity index (χ0) is 24.4. The number of amides is 2. The molecule has 0 radical (unpaired) electrons. The molecule has 5 rings (SSSR count). The Hall–Kier alpha value is -3.43. The number of carbonyl (C=O) groups excluding carboxylic acids is 3. The van der Waals surface area contributed by atoms with Gasteiger partial charge in [-0.3, -0.25) is 14.5 Å². The zero-order valence-corrected chi connectivity index (χ0v) is 21.3. The highest BCUT2D eigenvalue weighted by atomic mass is 127. The number of fused-ring (bicyclic) bond motifs is 1. The molecule has 0 unspecified atom stereocenters. The fraction of sp³-hybridized carbons (Fsp3) is 0.0357. The predicted octanol–water partition coefficient (Wildman–Crippen LogP) is 6.90. The molecule has 2 amide bonds. The molecule has 35 heavy (non-hydrogen) atoms. The quantitative estimate of drug-likeness (QED) is 0.109. The van der Waals surface area contributed by atoms with E-state index in [-0.39, 0.29) is 17.7 Å². The smallest absolute Gasteiger partial charge is 0.344 e. The number of hydrogen-bond acceptors (Lipinski definition) is 5. The van der Waals surface area contributed by atoms with Gasteiger partial charge in [-0.2, -0.15) is 0 Å². The lowest BCUT2D eigenvalue weighted by atomic mass is 10.1. The Morgan fingerprint density at radius 3 is 2.49 bits per heavy atom. The molecule has 1 heterocycles. The molecule has 0 aromatic heterocycles. The van der Waals surface area contributed by atoms with E-state index in [1.807, 2.05) is 54.6 Å². The highest BCUT2D eigenvalue weighted by molar-refractivity contribution is 14.1. The second-order valence-electron chi connectivity index (χ2n) is 7.89. The van der Waals surface area contributed by atoms with E-state index >= 15 is 0 Å². The Morgan fingerprint density at radius 1 is 0.886 bits per heavy atom. The number of ether oxygens (including phenoxy) is 1. The minimum Gasteiger partial charge on any atom is -0.423 e. The summed E-state index contributed by atoms with van der Waals surface area (Å²) in [6, 6.07) is 27.9. The third-order valence-electron chi connectivity index (χ3n) is 5.49. The van der Waals surface area contributed by atoms with Crippen molar-refractivity contribution in [1.82, 2.24) is 4.90 Å². The maximum absolute atomic E-state index is 13.0. The summed E-state index contributed by atoms with van der Waals surface area (Å²) >= 11 is 3.00. The lowest BCUT2D eigenvalue weighted by Gasteiger charge is -2.13. The normalized spacial score (nSPS) is 14.7. The van der Waals surface area contributed by atoms with Crippen molar-refractivity contribution in [3.8, 4) is 5.75 Å². The van der Waals surface area contributed by atoms with E-state index in [1.54, 1.807) is 42.5 Å². The Kier molecular flexibility index (Phi) is 6.70. The Labute approximate surface area is 219 Å². The highest BCUT2D eigenvalue weighted by Crippen LogP contribution is 2.34. The number of benzene rings is 4. The second kappa shape index (κ2) is 10.1. The van der Waals surface area contributed by atoms with Gasteiger partial charge in [0.05, 0.1) is 17.0 Å². The van der Waals surface area contributed by atoms with Gasteiger partial charge in [0, 0.05) is 3.57 Å². The van der Waals surface area contributed by atoms with Crippen LogP contribution in [0.15, 0.2) is 95.9 Å². The summed E-state index contributed by atoms with van der Waals surface area (Å²) in [5.41, 5.74) is 2.03. The molecule has 0 saturated carbocycles. The van der Waals surface area contributed by atoms with Crippen LogP contribution in [0, 0.1) is 3.57 Å². The van der Waals surface area contributed by atoms with Gasteiger partial charge in [0.1, 0.15) is 5.75 Å². The minimum atomic E-state index is -0.456. The maximum Gasteiger partial charge on any atom is 0.344 e. The Morgan fingerprint density at radius 2 is 1.66 bits per heavy atom. The van der Waals surface area contributed by atoms with Gasteiger partial charge < -0.3 is 4.74 Å². The largest absolute Gasteiger partial charge is 0.423 e. The van der Waals surface area contributed by atoms with Gasteiger partial charge in [-0.25, -0.2) is 4.79 Å². The summed E-state index contributed by atoms with van der Waals surface area (Å²) in [6.07, 6.45) is 1.65. The fourth-order valence-corrected chi connectivity index (χ4v) is 5.21. The van der Waals surface area contributed by atoms with Gasteiger partial charge >= 0.3 is 5.97 Å². The fourth-order valence-electron chi connectivity index (χ4n) is 3.76. The first-order valence-electron chi connectivity index (χ1n) is 10.8. The van der Waals surface area contributed by atoms with E-state index in [0.717, 1.165) is 31.7 Å². The number of carbonyl (C=O) groups is 3. The molecule has 0 atom stereocenters. The molecule has 1 aliphatic heterocycles. The number of imide groups is 1. The molecular formula is C28H18INO4S. The Balaban J connectivity index is 1.32. The summed E-state index contributed by atoms with van der Waals surface area (Å²) in [4.78, 5) is 39.7. The lowest BCUT2D eigenvalue weighted by molar-refractivity contribution is -0.123. The van der Waals surface area contributed by atoms with Crippen molar-refractivity contribution >= 4 is 68.3 Å². The first-order chi connectivity index (χ1) is 17.0. The molecule has 0 aliphatic carbocycles. The van der Waals surface area contributed by atoms with Crippen molar-refractivity contribution in [2.45, 2.75) is 6.54 Å². The summed E-state index contributed by atoms with van der Waals surface area (Å²) in [6.45, 7) is 0.209. The van der Waals surface area contributed by atoms with E-state index < -0.39 is 5.97 Å². The molecule has 0 spiro atoms. The van der Waals surface area contributed by atoms with Gasteiger partial charge in [0.2, 0.25) is 0 Å². The van der Waals surface area contributed by atoms with Crippen LogP contribution >= 0.6 is 34.4 Å². The van der Waals surface area contributed by atoms with E-state index in [9.17, 15) is 14.4 Å². The van der Waals surface area contributed by atoms with E-state index in [2.05, 4.69) is 22.6 Å². The van der Waals surface area contributed by atoms with Crippen LogP contribution in [0.1, 0.15) is 21.5 Å². The molecule has 4 aromatic rings. The van der Waals surface area contributed by atoms with Crippen LogP contribution in [0.4, 0.5) is 4.79 Å². The third kappa shape index (κ3) is 5.16. The first kappa shape index (κ1) is 23.3. The molecule has 5 nitrogen and oxygen atoms in total. The van der Waals surface area contributed by atoms with Crippen molar-refractivity contribution in [2.24, 2.45) is 0 Å². The van der Waals surface area contributed by atoms with Crippen molar-refractivity contribution in [1.29, 1.82) is 0 Å². The predicted molar refractivity (Wildman–Crippen MR) is 146 cm³/mol.